The number of nitrogens with zero attached hydrogens (tertiary/aromatic N) is 1. The molecule has 0 bridgehead atoms. The molecule has 0 saturated heterocycles. The van der Waals surface area contributed by atoms with Gasteiger partial charge in [-0.15, -0.1) is 0 Å². The summed E-state index contributed by atoms with van der Waals surface area (Å²) < 4.78 is 0. The van der Waals surface area contributed by atoms with Gasteiger partial charge in [0.15, 0.2) is 0 Å². The number of anilines is 1. The second-order valence-electron chi connectivity index (χ2n) is 4.05. The maximum Gasteiger partial charge on any atom is 0.257 e. The van der Waals surface area contributed by atoms with Crippen LogP contribution in [0.4, 0.5) is 5.69 Å². The third-order valence-electron chi connectivity index (χ3n) is 2.59. The van der Waals surface area contributed by atoms with E-state index < -0.39 is 0 Å². The van der Waals surface area contributed by atoms with Crippen LogP contribution in [0.15, 0.2) is 36.7 Å². The predicted molar refractivity (Wildman–Crippen MR) is 78.0 cm³/mol. The number of pyridine rings is 1. The molecule has 0 aliphatic rings. The molecule has 0 saturated carbocycles. The second kappa shape index (κ2) is 6.04. The van der Waals surface area contributed by atoms with Crippen molar-refractivity contribution in [2.24, 2.45) is 0 Å². The van der Waals surface area contributed by atoms with E-state index in [9.17, 15) is 4.79 Å². The molecule has 3 nitrogen and oxygen atoms in total. The number of hydrogen-bond acceptors (Lipinski definition) is 2. The van der Waals surface area contributed by atoms with Crippen LogP contribution in [-0.4, -0.2) is 10.9 Å². The lowest BCUT2D eigenvalue weighted by Gasteiger charge is -2.07. The van der Waals surface area contributed by atoms with Gasteiger partial charge in [-0.1, -0.05) is 30.1 Å². The van der Waals surface area contributed by atoms with Crippen LogP contribution in [0.5, 0.6) is 0 Å². The van der Waals surface area contributed by atoms with E-state index in [1.165, 1.54) is 6.20 Å². The van der Waals surface area contributed by atoms with Crippen molar-refractivity contribution in [3.05, 3.63) is 57.8 Å². The van der Waals surface area contributed by atoms with Crippen LogP contribution in [-0.2, 0) is 6.42 Å². The van der Waals surface area contributed by atoms with Crippen molar-refractivity contribution < 1.29 is 4.79 Å². The first-order chi connectivity index (χ1) is 9.08. The lowest BCUT2D eigenvalue weighted by molar-refractivity contribution is 0.102. The number of hydrogen-bond donors (Lipinski definition) is 1. The molecule has 0 unspecified atom stereocenters. The number of carbonyl (C=O) groups excluding carboxylic acids is 1. The first-order valence-electron chi connectivity index (χ1n) is 5.80. The number of benzene rings is 1. The molecule has 1 heterocycles. The maximum atomic E-state index is 12.1. The standard InChI is InChI=1S/C14H12Cl2N2O/c1-2-9-3-10(8-17-7-9)14(19)18-13-5-11(15)4-12(16)6-13/h3-8H,2H2,1H3,(H,18,19). The predicted octanol–water partition coefficient (Wildman–Crippen LogP) is 4.20. The van der Waals surface area contributed by atoms with Gasteiger partial charge >= 0.3 is 0 Å². The summed E-state index contributed by atoms with van der Waals surface area (Å²) in [6, 6.07) is 6.71. The summed E-state index contributed by atoms with van der Waals surface area (Å²) in [6.07, 6.45) is 4.10. The van der Waals surface area contributed by atoms with E-state index in [1.807, 2.05) is 13.0 Å². The smallest absolute Gasteiger partial charge is 0.257 e. The molecule has 1 aromatic carbocycles. The minimum atomic E-state index is -0.235. The highest BCUT2D eigenvalue weighted by Crippen LogP contribution is 2.22. The minimum absolute atomic E-state index is 0.235. The SMILES string of the molecule is CCc1cncc(C(=O)Nc2cc(Cl)cc(Cl)c2)c1. The van der Waals surface area contributed by atoms with Crippen LogP contribution in [0.3, 0.4) is 0 Å². The Hall–Kier alpha value is -1.58. The van der Waals surface area contributed by atoms with Crippen LogP contribution < -0.4 is 5.32 Å². The van der Waals surface area contributed by atoms with Crippen molar-refractivity contribution in [2.45, 2.75) is 13.3 Å². The summed E-state index contributed by atoms with van der Waals surface area (Å²) in [6.45, 7) is 2.01. The molecule has 5 heteroatoms. The van der Waals surface area contributed by atoms with Gasteiger partial charge in [-0.25, -0.2) is 0 Å². The van der Waals surface area contributed by atoms with E-state index in [4.69, 9.17) is 23.2 Å². The summed E-state index contributed by atoms with van der Waals surface area (Å²) in [5.41, 5.74) is 2.08. The first-order valence-corrected chi connectivity index (χ1v) is 6.55. The van der Waals surface area contributed by atoms with Crippen molar-refractivity contribution in [2.75, 3.05) is 5.32 Å². The molecule has 2 aromatic rings. The average Bonchev–Trinajstić information content (AvgIpc) is 2.37. The molecule has 0 aliphatic carbocycles. The first kappa shape index (κ1) is 13.8. The molecule has 1 N–H and O–H groups in total. The molecule has 2 rings (SSSR count). The summed E-state index contributed by atoms with van der Waals surface area (Å²) in [7, 11) is 0. The Kier molecular flexibility index (Phi) is 4.40. The molecule has 0 spiro atoms. The van der Waals surface area contributed by atoms with E-state index in [1.54, 1.807) is 24.4 Å². The lowest BCUT2D eigenvalue weighted by atomic mass is 10.1. The summed E-state index contributed by atoms with van der Waals surface area (Å²) in [4.78, 5) is 16.1. The Morgan fingerprint density at radius 3 is 2.47 bits per heavy atom. The van der Waals surface area contributed by atoms with Crippen LogP contribution in [0.2, 0.25) is 10.0 Å². The normalized spacial score (nSPS) is 10.3. The number of aromatic nitrogens is 1. The number of aryl methyl sites for hydroxylation is 1. The van der Waals surface area contributed by atoms with Crippen molar-refractivity contribution in [1.29, 1.82) is 0 Å². The fraction of sp³-hybridized carbons (Fsp3) is 0.143. The Morgan fingerprint density at radius 1 is 1.16 bits per heavy atom. The Bertz CT molecular complexity index is 594. The number of nitrogens with one attached hydrogen (secondary N) is 1. The molecular formula is C14H12Cl2N2O. The highest BCUT2D eigenvalue weighted by atomic mass is 35.5. The molecule has 19 heavy (non-hydrogen) atoms. The quantitative estimate of drug-likeness (QED) is 0.922. The molecule has 0 fully saturated rings. The monoisotopic (exact) mass is 294 g/mol. The van der Waals surface area contributed by atoms with E-state index in [2.05, 4.69) is 10.3 Å². The van der Waals surface area contributed by atoms with Crippen LogP contribution in [0.1, 0.15) is 22.8 Å². The lowest BCUT2D eigenvalue weighted by Crippen LogP contribution is -2.12. The maximum absolute atomic E-state index is 12.1. The fourth-order valence-electron chi connectivity index (χ4n) is 1.63. The Balaban J connectivity index is 2.20. The minimum Gasteiger partial charge on any atom is -0.322 e. The topological polar surface area (TPSA) is 42.0 Å². The third kappa shape index (κ3) is 3.69. The number of rotatable bonds is 3. The van der Waals surface area contributed by atoms with Gasteiger partial charge in [-0.2, -0.15) is 0 Å². The van der Waals surface area contributed by atoms with Gasteiger partial charge < -0.3 is 5.32 Å². The fourth-order valence-corrected chi connectivity index (χ4v) is 2.16. The number of carbonyl (C=O) groups is 1. The van der Waals surface area contributed by atoms with Crippen molar-refractivity contribution in [3.8, 4) is 0 Å². The van der Waals surface area contributed by atoms with Gasteiger partial charge in [0.05, 0.1) is 5.56 Å². The van der Waals surface area contributed by atoms with E-state index in [0.29, 0.717) is 21.3 Å². The van der Waals surface area contributed by atoms with Gasteiger partial charge in [0.25, 0.3) is 5.91 Å². The van der Waals surface area contributed by atoms with E-state index in [0.717, 1.165) is 12.0 Å². The van der Waals surface area contributed by atoms with Crippen molar-refractivity contribution >= 4 is 34.8 Å². The second-order valence-corrected chi connectivity index (χ2v) is 4.92. The highest BCUT2D eigenvalue weighted by molar-refractivity contribution is 6.35. The van der Waals surface area contributed by atoms with Crippen molar-refractivity contribution in [1.82, 2.24) is 4.98 Å². The molecule has 0 radical (unpaired) electrons. The van der Waals surface area contributed by atoms with Gasteiger partial charge in [-0.3, -0.25) is 9.78 Å². The zero-order chi connectivity index (χ0) is 13.8. The average molecular weight is 295 g/mol. The summed E-state index contributed by atoms with van der Waals surface area (Å²) in [5.74, 6) is -0.235. The third-order valence-corrected chi connectivity index (χ3v) is 3.02. The van der Waals surface area contributed by atoms with Crippen molar-refractivity contribution in [3.63, 3.8) is 0 Å². The van der Waals surface area contributed by atoms with Crippen LogP contribution >= 0.6 is 23.2 Å². The van der Waals surface area contributed by atoms with Gasteiger partial charge in [0.1, 0.15) is 0 Å². The zero-order valence-electron chi connectivity index (χ0n) is 10.3. The Labute approximate surface area is 121 Å². The van der Waals surface area contributed by atoms with Crippen LogP contribution in [0.25, 0.3) is 0 Å². The van der Waals surface area contributed by atoms with Gasteiger partial charge in [-0.05, 0) is 36.2 Å². The molecule has 1 amide bonds. The number of halogens is 2. The number of amides is 1. The molecular weight excluding hydrogens is 283 g/mol. The van der Waals surface area contributed by atoms with E-state index in [-0.39, 0.29) is 5.91 Å². The molecule has 0 aliphatic heterocycles. The summed E-state index contributed by atoms with van der Waals surface area (Å²) in [5, 5.41) is 3.69. The van der Waals surface area contributed by atoms with E-state index >= 15 is 0 Å². The molecule has 98 valence electrons. The highest BCUT2D eigenvalue weighted by Gasteiger charge is 2.08. The Morgan fingerprint density at radius 2 is 1.84 bits per heavy atom. The molecule has 0 atom stereocenters. The zero-order valence-corrected chi connectivity index (χ0v) is 11.8. The largest absolute Gasteiger partial charge is 0.322 e. The summed E-state index contributed by atoms with van der Waals surface area (Å²) >= 11 is 11.8. The van der Waals surface area contributed by atoms with Crippen LogP contribution in [0, 0.1) is 0 Å². The van der Waals surface area contributed by atoms with Gasteiger partial charge in [0.2, 0.25) is 0 Å². The molecule has 1 aromatic heterocycles. The van der Waals surface area contributed by atoms with Gasteiger partial charge in [0, 0.05) is 28.1 Å².